The number of anilines is 3. The lowest BCUT2D eigenvalue weighted by Crippen LogP contribution is -2.13. The lowest BCUT2D eigenvalue weighted by Gasteiger charge is -2.13. The van der Waals surface area contributed by atoms with Crippen LogP contribution in [-0.2, 0) is 6.42 Å². The van der Waals surface area contributed by atoms with Gasteiger partial charge >= 0.3 is 0 Å². The molecule has 4 N–H and O–H groups in total. The van der Waals surface area contributed by atoms with Gasteiger partial charge in [0, 0.05) is 11.3 Å². The van der Waals surface area contributed by atoms with E-state index in [1.807, 2.05) is 24.3 Å². The van der Waals surface area contributed by atoms with E-state index < -0.39 is 0 Å². The fourth-order valence-electron chi connectivity index (χ4n) is 1.94. The van der Waals surface area contributed by atoms with E-state index in [4.69, 9.17) is 10.6 Å². The molecule has 0 radical (unpaired) electrons. The van der Waals surface area contributed by atoms with Gasteiger partial charge in [-0.1, -0.05) is 13.3 Å². The van der Waals surface area contributed by atoms with Crippen molar-refractivity contribution in [2.75, 3.05) is 17.9 Å². The second kappa shape index (κ2) is 6.72. The Morgan fingerprint density at radius 3 is 2.45 bits per heavy atom. The van der Waals surface area contributed by atoms with E-state index in [0.29, 0.717) is 5.82 Å². The highest BCUT2D eigenvalue weighted by atomic mass is 16.5. The number of aromatic nitrogens is 2. The normalized spacial score (nSPS) is 10.2. The molecular weight excluding hydrogens is 254 g/mol. The van der Waals surface area contributed by atoms with Crippen molar-refractivity contribution < 1.29 is 4.74 Å². The van der Waals surface area contributed by atoms with Crippen LogP contribution in [0.3, 0.4) is 0 Å². The third-order valence-electron chi connectivity index (χ3n) is 2.93. The number of hydrogen-bond donors (Lipinski definition) is 3. The summed E-state index contributed by atoms with van der Waals surface area (Å²) < 4.78 is 5.14. The molecule has 106 valence electrons. The van der Waals surface area contributed by atoms with Gasteiger partial charge in [0.1, 0.15) is 23.7 Å². The minimum atomic E-state index is 0.651. The topological polar surface area (TPSA) is 85.1 Å². The molecule has 0 aliphatic rings. The first kappa shape index (κ1) is 14.1. The van der Waals surface area contributed by atoms with Crippen molar-refractivity contribution >= 4 is 17.3 Å². The molecular formula is C14H19N5O. The molecule has 0 aliphatic heterocycles. The maximum atomic E-state index is 5.50. The molecule has 0 aliphatic carbocycles. The van der Waals surface area contributed by atoms with Crippen LogP contribution in [-0.4, -0.2) is 17.1 Å². The van der Waals surface area contributed by atoms with E-state index in [1.165, 1.54) is 6.33 Å². The predicted molar refractivity (Wildman–Crippen MR) is 80.1 cm³/mol. The minimum absolute atomic E-state index is 0.651. The quantitative estimate of drug-likeness (QED) is 0.554. The number of nitrogens with one attached hydrogen (secondary N) is 2. The van der Waals surface area contributed by atoms with Gasteiger partial charge in [-0.2, -0.15) is 0 Å². The zero-order valence-corrected chi connectivity index (χ0v) is 11.7. The molecule has 1 aromatic heterocycles. The van der Waals surface area contributed by atoms with E-state index >= 15 is 0 Å². The van der Waals surface area contributed by atoms with Gasteiger partial charge in [-0.05, 0) is 30.7 Å². The fourth-order valence-corrected chi connectivity index (χ4v) is 1.94. The summed E-state index contributed by atoms with van der Waals surface area (Å²) in [5.41, 5.74) is 4.53. The van der Waals surface area contributed by atoms with Crippen LogP contribution < -0.4 is 21.3 Å². The Labute approximate surface area is 118 Å². The van der Waals surface area contributed by atoms with Gasteiger partial charge < -0.3 is 15.5 Å². The summed E-state index contributed by atoms with van der Waals surface area (Å²) in [5, 5.41) is 3.28. The van der Waals surface area contributed by atoms with Gasteiger partial charge in [0.25, 0.3) is 0 Å². The van der Waals surface area contributed by atoms with Crippen molar-refractivity contribution in [3.63, 3.8) is 0 Å². The van der Waals surface area contributed by atoms with Crippen LogP contribution in [0.4, 0.5) is 17.3 Å². The number of benzene rings is 1. The second-order valence-electron chi connectivity index (χ2n) is 4.30. The lowest BCUT2D eigenvalue weighted by atomic mass is 10.1. The molecule has 0 fully saturated rings. The maximum absolute atomic E-state index is 5.50. The number of hydrogen-bond acceptors (Lipinski definition) is 6. The third kappa shape index (κ3) is 3.16. The summed E-state index contributed by atoms with van der Waals surface area (Å²) >= 11 is 0. The standard InChI is InChI=1S/C14H19N5O/c1-3-4-12-13(16-9-17-14(12)19-15)18-10-5-7-11(20-2)8-6-10/h5-9H,3-4,15H2,1-2H3,(H2,16,17,18,19). The Bertz CT molecular complexity index is 556. The van der Waals surface area contributed by atoms with Crippen LogP contribution in [0.5, 0.6) is 5.75 Å². The number of nitrogens with zero attached hydrogens (tertiary/aromatic N) is 2. The van der Waals surface area contributed by atoms with Crippen LogP contribution >= 0.6 is 0 Å². The Morgan fingerprint density at radius 2 is 1.85 bits per heavy atom. The molecule has 0 saturated heterocycles. The molecule has 0 spiro atoms. The van der Waals surface area contributed by atoms with Gasteiger partial charge in [-0.15, -0.1) is 0 Å². The zero-order valence-electron chi connectivity index (χ0n) is 11.7. The zero-order chi connectivity index (χ0) is 14.4. The average molecular weight is 273 g/mol. The Balaban J connectivity index is 2.27. The predicted octanol–water partition coefficient (Wildman–Crippen LogP) is 2.47. The SMILES string of the molecule is CCCc1c(NN)ncnc1Nc1ccc(OC)cc1. The highest BCUT2D eigenvalue weighted by Gasteiger charge is 2.10. The molecule has 0 saturated carbocycles. The first-order valence-corrected chi connectivity index (χ1v) is 6.50. The number of nitrogens with two attached hydrogens (primary N) is 1. The van der Waals surface area contributed by atoms with E-state index in [0.717, 1.165) is 35.7 Å². The van der Waals surface area contributed by atoms with Gasteiger partial charge in [-0.25, -0.2) is 15.8 Å². The number of nitrogen functional groups attached to an aromatic ring is 1. The molecule has 2 rings (SSSR count). The second-order valence-corrected chi connectivity index (χ2v) is 4.30. The van der Waals surface area contributed by atoms with E-state index in [9.17, 15) is 0 Å². The van der Waals surface area contributed by atoms with Crippen molar-refractivity contribution in [2.24, 2.45) is 5.84 Å². The molecule has 20 heavy (non-hydrogen) atoms. The highest BCUT2D eigenvalue weighted by Crippen LogP contribution is 2.25. The number of ether oxygens (including phenoxy) is 1. The third-order valence-corrected chi connectivity index (χ3v) is 2.93. The molecule has 0 bridgehead atoms. The minimum Gasteiger partial charge on any atom is -0.497 e. The van der Waals surface area contributed by atoms with Gasteiger partial charge in [0.05, 0.1) is 7.11 Å². The highest BCUT2D eigenvalue weighted by molar-refractivity contribution is 5.65. The molecule has 0 amide bonds. The average Bonchev–Trinajstić information content (AvgIpc) is 2.50. The Morgan fingerprint density at radius 1 is 1.15 bits per heavy atom. The van der Waals surface area contributed by atoms with Crippen molar-refractivity contribution in [1.82, 2.24) is 9.97 Å². The summed E-state index contributed by atoms with van der Waals surface area (Å²) in [7, 11) is 1.64. The number of methoxy groups -OCH3 is 1. The Kier molecular flexibility index (Phi) is 4.73. The smallest absolute Gasteiger partial charge is 0.148 e. The van der Waals surface area contributed by atoms with Gasteiger partial charge in [0.15, 0.2) is 0 Å². The van der Waals surface area contributed by atoms with Crippen molar-refractivity contribution in [1.29, 1.82) is 0 Å². The van der Waals surface area contributed by atoms with Crippen molar-refractivity contribution in [3.05, 3.63) is 36.2 Å². The summed E-state index contributed by atoms with van der Waals surface area (Å²) in [6.07, 6.45) is 3.32. The lowest BCUT2D eigenvalue weighted by molar-refractivity contribution is 0.415. The molecule has 0 atom stereocenters. The molecule has 6 heteroatoms. The van der Waals surface area contributed by atoms with E-state index in [2.05, 4.69) is 27.6 Å². The number of rotatable bonds is 6. The Hall–Kier alpha value is -2.34. The summed E-state index contributed by atoms with van der Waals surface area (Å²) in [4.78, 5) is 8.43. The van der Waals surface area contributed by atoms with E-state index in [1.54, 1.807) is 7.11 Å². The molecule has 6 nitrogen and oxygen atoms in total. The van der Waals surface area contributed by atoms with E-state index in [-0.39, 0.29) is 0 Å². The molecule has 1 aromatic carbocycles. The number of hydrazine groups is 1. The van der Waals surface area contributed by atoms with Crippen LogP contribution in [0.2, 0.25) is 0 Å². The fraction of sp³-hybridized carbons (Fsp3) is 0.286. The molecule has 1 heterocycles. The van der Waals surface area contributed by atoms with Crippen LogP contribution in [0.15, 0.2) is 30.6 Å². The molecule has 0 unspecified atom stereocenters. The van der Waals surface area contributed by atoms with Crippen LogP contribution in [0.25, 0.3) is 0 Å². The first-order valence-electron chi connectivity index (χ1n) is 6.50. The summed E-state index contributed by atoms with van der Waals surface area (Å²) in [5.74, 6) is 7.73. The molecule has 2 aromatic rings. The van der Waals surface area contributed by atoms with Crippen LogP contribution in [0, 0.1) is 0 Å². The summed E-state index contributed by atoms with van der Waals surface area (Å²) in [6, 6.07) is 7.66. The van der Waals surface area contributed by atoms with Crippen molar-refractivity contribution in [3.8, 4) is 5.75 Å². The van der Waals surface area contributed by atoms with Crippen molar-refractivity contribution in [2.45, 2.75) is 19.8 Å². The van der Waals surface area contributed by atoms with Gasteiger partial charge in [-0.3, -0.25) is 0 Å². The van der Waals surface area contributed by atoms with Gasteiger partial charge in [0.2, 0.25) is 0 Å². The largest absolute Gasteiger partial charge is 0.497 e. The first-order chi connectivity index (χ1) is 9.78. The monoisotopic (exact) mass is 273 g/mol. The van der Waals surface area contributed by atoms with Crippen LogP contribution in [0.1, 0.15) is 18.9 Å². The maximum Gasteiger partial charge on any atom is 0.148 e. The summed E-state index contributed by atoms with van der Waals surface area (Å²) in [6.45, 7) is 2.10.